The van der Waals surface area contributed by atoms with Crippen molar-refractivity contribution in [2.45, 2.75) is 12.6 Å². The smallest absolute Gasteiger partial charge is 0.316 e. The first-order chi connectivity index (χ1) is 5.11. The number of fused-ring (bicyclic) bond motifs is 1. The van der Waals surface area contributed by atoms with Crippen molar-refractivity contribution >= 4 is 12.4 Å². The second-order valence-corrected chi connectivity index (χ2v) is 3.39. The van der Waals surface area contributed by atoms with Crippen molar-refractivity contribution in [3.63, 3.8) is 0 Å². The van der Waals surface area contributed by atoms with Gasteiger partial charge in [0.2, 0.25) is 0 Å². The van der Waals surface area contributed by atoms with E-state index in [1.807, 2.05) is 0 Å². The first-order valence-electron chi connectivity index (χ1n) is 3.88. The third-order valence-electron chi connectivity index (χ3n) is 2.74. The number of hydrogen-bond donors (Lipinski definition) is 1. The molecule has 1 saturated heterocycles. The lowest BCUT2D eigenvalue weighted by molar-refractivity contribution is -0.153. The van der Waals surface area contributed by atoms with Gasteiger partial charge < -0.3 is 5.32 Å². The molecule has 3 atom stereocenters. The molecule has 12 heavy (non-hydrogen) atoms. The van der Waals surface area contributed by atoms with Crippen LogP contribution in [0.3, 0.4) is 0 Å². The third kappa shape index (κ3) is 1.55. The van der Waals surface area contributed by atoms with Crippen LogP contribution in [0.4, 0.5) is 13.2 Å². The average molecular weight is 202 g/mol. The van der Waals surface area contributed by atoms with E-state index in [2.05, 4.69) is 5.32 Å². The topological polar surface area (TPSA) is 12.0 Å². The molecule has 0 spiro atoms. The zero-order valence-electron chi connectivity index (χ0n) is 6.40. The molecule has 1 heterocycles. The summed E-state index contributed by atoms with van der Waals surface area (Å²) in [5.74, 6) is -1.16. The molecule has 3 unspecified atom stereocenters. The molecule has 2 fully saturated rings. The van der Waals surface area contributed by atoms with Gasteiger partial charge in [0.15, 0.2) is 0 Å². The number of piperidine rings is 1. The predicted octanol–water partition coefficient (Wildman–Crippen LogP) is 1.83. The number of alkyl halides is 3. The maximum Gasteiger partial charge on any atom is 0.392 e. The van der Waals surface area contributed by atoms with Crippen LogP contribution in [0, 0.1) is 17.8 Å². The maximum absolute atomic E-state index is 12.1. The van der Waals surface area contributed by atoms with Crippen LogP contribution in [-0.2, 0) is 0 Å². The van der Waals surface area contributed by atoms with Gasteiger partial charge in [-0.05, 0) is 31.3 Å². The summed E-state index contributed by atoms with van der Waals surface area (Å²) in [5.41, 5.74) is 0. The van der Waals surface area contributed by atoms with Gasteiger partial charge in [-0.2, -0.15) is 13.2 Å². The van der Waals surface area contributed by atoms with Crippen LogP contribution >= 0.6 is 12.4 Å². The van der Waals surface area contributed by atoms with Crippen LogP contribution < -0.4 is 5.32 Å². The zero-order chi connectivity index (χ0) is 8.06. The lowest BCUT2D eigenvalue weighted by Crippen LogP contribution is -2.24. The molecule has 0 aromatic carbocycles. The molecule has 1 N–H and O–H groups in total. The van der Waals surface area contributed by atoms with E-state index >= 15 is 0 Å². The fourth-order valence-electron chi connectivity index (χ4n) is 2.14. The lowest BCUT2D eigenvalue weighted by atomic mass is 10.2. The summed E-state index contributed by atoms with van der Waals surface area (Å²) >= 11 is 0. The molecule has 0 bridgehead atoms. The lowest BCUT2D eigenvalue weighted by Gasteiger charge is -2.07. The molecule has 72 valence electrons. The van der Waals surface area contributed by atoms with E-state index in [9.17, 15) is 13.2 Å². The quantitative estimate of drug-likeness (QED) is 0.631. The van der Waals surface area contributed by atoms with Gasteiger partial charge in [0.1, 0.15) is 0 Å². The van der Waals surface area contributed by atoms with E-state index in [1.165, 1.54) is 0 Å². The fraction of sp³-hybridized carbons (Fsp3) is 1.00. The van der Waals surface area contributed by atoms with E-state index in [0.29, 0.717) is 13.0 Å². The van der Waals surface area contributed by atoms with Crippen molar-refractivity contribution in [2.24, 2.45) is 17.8 Å². The van der Waals surface area contributed by atoms with Gasteiger partial charge >= 0.3 is 6.18 Å². The Kier molecular flexibility index (Phi) is 2.59. The van der Waals surface area contributed by atoms with Crippen molar-refractivity contribution in [1.29, 1.82) is 0 Å². The maximum atomic E-state index is 12.1. The van der Waals surface area contributed by atoms with E-state index in [0.717, 1.165) is 6.54 Å². The Hall–Kier alpha value is 0.0400. The Labute approximate surface area is 75.1 Å². The second kappa shape index (κ2) is 3.07. The monoisotopic (exact) mass is 201 g/mol. The highest BCUT2D eigenvalue weighted by Gasteiger charge is 2.63. The molecule has 0 amide bonds. The minimum Gasteiger partial charge on any atom is -0.316 e. The van der Waals surface area contributed by atoms with Crippen LogP contribution in [-0.4, -0.2) is 19.3 Å². The summed E-state index contributed by atoms with van der Waals surface area (Å²) in [5, 5.41) is 2.98. The minimum atomic E-state index is -3.94. The van der Waals surface area contributed by atoms with Crippen LogP contribution in [0.2, 0.25) is 0 Å². The fourth-order valence-corrected chi connectivity index (χ4v) is 2.14. The molecule has 1 aliphatic carbocycles. The Morgan fingerprint density at radius 3 is 2.25 bits per heavy atom. The average Bonchev–Trinajstić information content (AvgIpc) is 2.58. The Balaban J connectivity index is 0.000000720. The van der Waals surface area contributed by atoms with Gasteiger partial charge in [-0.3, -0.25) is 0 Å². The van der Waals surface area contributed by atoms with Crippen LogP contribution in [0.15, 0.2) is 0 Å². The van der Waals surface area contributed by atoms with Crippen molar-refractivity contribution in [1.82, 2.24) is 5.32 Å². The zero-order valence-corrected chi connectivity index (χ0v) is 7.21. The molecule has 0 aromatic rings. The van der Waals surface area contributed by atoms with Crippen molar-refractivity contribution in [3.8, 4) is 0 Å². The van der Waals surface area contributed by atoms with E-state index in [-0.39, 0.29) is 24.2 Å². The van der Waals surface area contributed by atoms with Gasteiger partial charge in [-0.25, -0.2) is 0 Å². The van der Waals surface area contributed by atoms with Gasteiger partial charge in [0, 0.05) is 0 Å². The summed E-state index contributed by atoms with van der Waals surface area (Å²) in [4.78, 5) is 0. The molecule has 1 aliphatic heterocycles. The predicted molar refractivity (Wildman–Crippen MR) is 41.3 cm³/mol. The highest BCUT2D eigenvalue weighted by Crippen LogP contribution is 2.57. The van der Waals surface area contributed by atoms with Crippen molar-refractivity contribution in [3.05, 3.63) is 0 Å². The molecular formula is C7H11ClF3N. The number of rotatable bonds is 0. The van der Waals surface area contributed by atoms with Crippen LogP contribution in [0.25, 0.3) is 0 Å². The summed E-state index contributed by atoms with van der Waals surface area (Å²) < 4.78 is 36.3. The van der Waals surface area contributed by atoms with Crippen LogP contribution in [0.5, 0.6) is 0 Å². The Morgan fingerprint density at radius 1 is 1.17 bits per heavy atom. The van der Waals surface area contributed by atoms with Gasteiger partial charge in [0.25, 0.3) is 0 Å². The first kappa shape index (κ1) is 10.1. The number of halogens is 4. The molecule has 2 rings (SSSR count). The highest BCUT2D eigenvalue weighted by molar-refractivity contribution is 5.85. The molecule has 0 aromatic heterocycles. The SMILES string of the molecule is Cl.FC(F)(F)C1C2CCNCC21. The molecule has 1 saturated carbocycles. The summed E-state index contributed by atoms with van der Waals surface area (Å²) in [7, 11) is 0. The summed E-state index contributed by atoms with van der Waals surface area (Å²) in [6.45, 7) is 1.32. The third-order valence-corrected chi connectivity index (χ3v) is 2.74. The normalized spacial score (nSPS) is 39.8. The van der Waals surface area contributed by atoms with E-state index in [1.54, 1.807) is 0 Å². The van der Waals surface area contributed by atoms with Gasteiger partial charge in [-0.1, -0.05) is 0 Å². The summed E-state index contributed by atoms with van der Waals surface area (Å²) in [6, 6.07) is 0. The number of hydrogen-bond acceptors (Lipinski definition) is 1. The second-order valence-electron chi connectivity index (χ2n) is 3.39. The van der Waals surface area contributed by atoms with Crippen molar-refractivity contribution in [2.75, 3.05) is 13.1 Å². The Morgan fingerprint density at radius 2 is 1.83 bits per heavy atom. The molecule has 5 heteroatoms. The molecule has 0 radical (unpaired) electrons. The molecule has 2 aliphatic rings. The van der Waals surface area contributed by atoms with E-state index in [4.69, 9.17) is 0 Å². The summed E-state index contributed by atoms with van der Waals surface area (Å²) in [6.07, 6.45) is -3.24. The first-order valence-corrected chi connectivity index (χ1v) is 3.88. The largest absolute Gasteiger partial charge is 0.392 e. The van der Waals surface area contributed by atoms with Gasteiger partial charge in [-0.15, -0.1) is 12.4 Å². The van der Waals surface area contributed by atoms with Crippen molar-refractivity contribution < 1.29 is 13.2 Å². The Bertz CT molecular complexity index is 159. The number of nitrogens with one attached hydrogen (secondary N) is 1. The van der Waals surface area contributed by atoms with Gasteiger partial charge in [0.05, 0.1) is 5.92 Å². The minimum absolute atomic E-state index is 0. The van der Waals surface area contributed by atoms with E-state index < -0.39 is 12.1 Å². The standard InChI is InChI=1S/C7H10F3N.ClH/c8-7(9,10)6-4-1-2-11-3-5(4)6;/h4-6,11H,1-3H2;1H. The molecular weight excluding hydrogens is 191 g/mol. The highest BCUT2D eigenvalue weighted by atomic mass is 35.5. The van der Waals surface area contributed by atoms with Crippen LogP contribution in [0.1, 0.15) is 6.42 Å². The molecule has 1 nitrogen and oxygen atoms in total.